The Morgan fingerprint density at radius 1 is 1.31 bits per heavy atom. The van der Waals surface area contributed by atoms with Crippen LogP contribution in [-0.2, 0) is 25.8 Å². The Kier molecular flexibility index (Phi) is 5.91. The fourth-order valence-electron chi connectivity index (χ4n) is 2.60. The number of nitrogens with one attached hydrogen (secondary N) is 1. The molecular formula is C15H17F3N2O5S. The molecule has 1 aliphatic heterocycles. The summed E-state index contributed by atoms with van der Waals surface area (Å²) in [5.74, 6) is -2.38. The number of nitrogens with zero attached hydrogens (tertiary/aromatic N) is 1. The second kappa shape index (κ2) is 7.62. The summed E-state index contributed by atoms with van der Waals surface area (Å²) in [5.41, 5.74) is -1.12. The molecule has 2 N–H and O–H groups in total. The Morgan fingerprint density at radius 2 is 2.00 bits per heavy atom. The number of benzene rings is 1. The number of carbonyl (C=O) groups is 2. The number of halogens is 3. The molecule has 144 valence electrons. The number of hydrogen-bond donors (Lipinski definition) is 2. The third kappa shape index (κ3) is 4.94. The summed E-state index contributed by atoms with van der Waals surface area (Å²) in [5, 5.41) is 9.00. The molecule has 1 heterocycles. The number of piperidine rings is 1. The van der Waals surface area contributed by atoms with Crippen LogP contribution in [-0.4, -0.2) is 49.9 Å². The van der Waals surface area contributed by atoms with Gasteiger partial charge in [0.2, 0.25) is 15.9 Å². The summed E-state index contributed by atoms with van der Waals surface area (Å²) in [7, 11) is -4.32. The molecule has 1 fully saturated rings. The molecule has 11 heteroatoms. The third-order valence-electron chi connectivity index (χ3n) is 4.01. The van der Waals surface area contributed by atoms with E-state index in [-0.39, 0.29) is 6.54 Å². The molecule has 1 saturated heterocycles. The van der Waals surface area contributed by atoms with Gasteiger partial charge in [0.05, 0.1) is 22.9 Å². The summed E-state index contributed by atoms with van der Waals surface area (Å²) in [6.45, 7) is -0.391. The molecule has 1 amide bonds. The third-order valence-corrected chi connectivity index (χ3v) is 5.41. The summed E-state index contributed by atoms with van der Waals surface area (Å²) in [6.07, 6.45) is -3.79. The van der Waals surface area contributed by atoms with Gasteiger partial charge in [-0.25, -0.2) is 13.1 Å². The molecule has 2 rings (SSSR count). The number of sulfonamides is 1. The standard InChI is InChI=1S/C15H17F3N2O5S/c16-15(17,18)11-4-1-5-12(7-11)26(24,25)19-8-13(21)20-6-2-3-10(9-20)14(22)23/h1,4-5,7,10,19H,2-3,6,8-9H2,(H,22,23)/t10-/m0/s1. The van der Waals surface area contributed by atoms with Crippen molar-refractivity contribution in [3.63, 3.8) is 0 Å². The zero-order valence-corrected chi connectivity index (χ0v) is 14.3. The second-order valence-electron chi connectivity index (χ2n) is 5.87. The topological polar surface area (TPSA) is 104 Å². The quantitative estimate of drug-likeness (QED) is 0.784. The molecule has 0 radical (unpaired) electrons. The Bertz CT molecular complexity index is 795. The number of likely N-dealkylation sites (tertiary alicyclic amines) is 1. The van der Waals surface area contributed by atoms with Crippen molar-refractivity contribution in [2.45, 2.75) is 23.9 Å². The number of amides is 1. The van der Waals surface area contributed by atoms with Crippen molar-refractivity contribution in [1.82, 2.24) is 9.62 Å². The highest BCUT2D eigenvalue weighted by Crippen LogP contribution is 2.30. The van der Waals surface area contributed by atoms with Gasteiger partial charge in [0.25, 0.3) is 0 Å². The normalized spacial score (nSPS) is 18.6. The van der Waals surface area contributed by atoms with Gasteiger partial charge in [-0.05, 0) is 31.0 Å². The number of rotatable bonds is 5. The number of aliphatic carboxylic acids is 1. The average molecular weight is 394 g/mol. The van der Waals surface area contributed by atoms with Crippen molar-refractivity contribution in [2.24, 2.45) is 5.92 Å². The maximum atomic E-state index is 12.7. The van der Waals surface area contributed by atoms with Crippen molar-refractivity contribution in [2.75, 3.05) is 19.6 Å². The van der Waals surface area contributed by atoms with Gasteiger partial charge in [-0.1, -0.05) is 6.07 Å². The first-order chi connectivity index (χ1) is 12.0. The molecule has 0 aliphatic carbocycles. The average Bonchev–Trinajstić information content (AvgIpc) is 2.59. The van der Waals surface area contributed by atoms with Crippen molar-refractivity contribution in [3.8, 4) is 0 Å². The van der Waals surface area contributed by atoms with Gasteiger partial charge in [0.1, 0.15) is 0 Å². The Morgan fingerprint density at radius 3 is 2.62 bits per heavy atom. The summed E-state index contributed by atoms with van der Waals surface area (Å²) in [6, 6.07) is 3.17. The maximum absolute atomic E-state index is 12.7. The lowest BCUT2D eigenvalue weighted by atomic mass is 9.98. The van der Waals surface area contributed by atoms with Gasteiger partial charge in [0, 0.05) is 13.1 Å². The summed E-state index contributed by atoms with van der Waals surface area (Å²) >= 11 is 0. The van der Waals surface area contributed by atoms with E-state index in [4.69, 9.17) is 5.11 Å². The zero-order valence-electron chi connectivity index (χ0n) is 13.5. The van der Waals surface area contributed by atoms with Crippen LogP contribution in [0.4, 0.5) is 13.2 Å². The number of carboxylic acid groups (broad SMARTS) is 1. The number of hydrogen-bond acceptors (Lipinski definition) is 4. The predicted molar refractivity (Wildman–Crippen MR) is 83.6 cm³/mol. The molecule has 7 nitrogen and oxygen atoms in total. The van der Waals surface area contributed by atoms with Crippen LogP contribution in [0, 0.1) is 5.92 Å². The molecule has 0 aromatic heterocycles. The monoisotopic (exact) mass is 394 g/mol. The highest BCUT2D eigenvalue weighted by atomic mass is 32.2. The van der Waals surface area contributed by atoms with E-state index in [1.807, 2.05) is 4.72 Å². The minimum atomic E-state index is -4.69. The first-order valence-electron chi connectivity index (χ1n) is 7.68. The molecular weight excluding hydrogens is 377 g/mol. The van der Waals surface area contributed by atoms with Crippen molar-refractivity contribution < 1.29 is 36.3 Å². The second-order valence-corrected chi connectivity index (χ2v) is 7.63. The fraction of sp³-hybridized carbons (Fsp3) is 0.467. The van der Waals surface area contributed by atoms with Crippen LogP contribution in [0.2, 0.25) is 0 Å². The van der Waals surface area contributed by atoms with Gasteiger partial charge < -0.3 is 10.0 Å². The van der Waals surface area contributed by atoms with Crippen LogP contribution in [0.25, 0.3) is 0 Å². The Hall–Kier alpha value is -2.14. The van der Waals surface area contributed by atoms with Gasteiger partial charge in [-0.2, -0.15) is 13.2 Å². The van der Waals surface area contributed by atoms with E-state index in [2.05, 4.69) is 0 Å². The van der Waals surface area contributed by atoms with E-state index in [0.717, 1.165) is 18.2 Å². The number of carboxylic acids is 1. The van der Waals surface area contributed by atoms with E-state index in [1.165, 1.54) is 4.90 Å². The summed E-state index contributed by atoms with van der Waals surface area (Å²) < 4.78 is 64.3. The first kappa shape index (κ1) is 20.2. The minimum Gasteiger partial charge on any atom is -0.481 e. The van der Waals surface area contributed by atoms with E-state index in [9.17, 15) is 31.2 Å². The lowest BCUT2D eigenvalue weighted by Gasteiger charge is -2.30. The number of carbonyl (C=O) groups excluding carboxylic acids is 1. The Balaban J connectivity index is 2.04. The van der Waals surface area contributed by atoms with Crippen LogP contribution >= 0.6 is 0 Å². The lowest BCUT2D eigenvalue weighted by molar-refractivity contribution is -0.145. The molecule has 26 heavy (non-hydrogen) atoms. The molecule has 0 bridgehead atoms. The van der Waals surface area contributed by atoms with Crippen LogP contribution in [0.3, 0.4) is 0 Å². The van der Waals surface area contributed by atoms with E-state index >= 15 is 0 Å². The fourth-order valence-corrected chi connectivity index (χ4v) is 3.62. The molecule has 1 aliphatic rings. The molecule has 1 aromatic rings. The largest absolute Gasteiger partial charge is 0.481 e. The minimum absolute atomic E-state index is 0.0283. The van der Waals surface area contributed by atoms with Gasteiger partial charge in [-0.15, -0.1) is 0 Å². The molecule has 1 atom stereocenters. The number of alkyl halides is 3. The van der Waals surface area contributed by atoms with Crippen LogP contribution in [0.1, 0.15) is 18.4 Å². The molecule has 1 aromatic carbocycles. The highest BCUT2D eigenvalue weighted by Gasteiger charge is 2.32. The van der Waals surface area contributed by atoms with Gasteiger partial charge in [0.15, 0.2) is 0 Å². The molecule has 0 spiro atoms. The Labute approximate surface area is 147 Å². The predicted octanol–water partition coefficient (Wildman–Crippen LogP) is 1.31. The first-order valence-corrected chi connectivity index (χ1v) is 9.16. The van der Waals surface area contributed by atoms with Gasteiger partial charge >= 0.3 is 12.1 Å². The maximum Gasteiger partial charge on any atom is 0.416 e. The van der Waals surface area contributed by atoms with Crippen molar-refractivity contribution >= 4 is 21.9 Å². The SMILES string of the molecule is O=C(O)[C@H]1CCCN(C(=O)CNS(=O)(=O)c2cccc(C(F)(F)F)c2)C1. The molecule has 0 saturated carbocycles. The zero-order chi connectivity index (χ0) is 19.5. The van der Waals surface area contributed by atoms with Crippen molar-refractivity contribution in [1.29, 1.82) is 0 Å². The van der Waals surface area contributed by atoms with Crippen LogP contribution in [0.5, 0.6) is 0 Å². The van der Waals surface area contributed by atoms with Gasteiger partial charge in [-0.3, -0.25) is 9.59 Å². The molecule has 0 unspecified atom stereocenters. The van der Waals surface area contributed by atoms with Crippen LogP contribution < -0.4 is 4.72 Å². The van der Waals surface area contributed by atoms with Crippen LogP contribution in [0.15, 0.2) is 29.2 Å². The van der Waals surface area contributed by atoms with Crippen molar-refractivity contribution in [3.05, 3.63) is 29.8 Å². The lowest BCUT2D eigenvalue weighted by Crippen LogP contribution is -2.46. The van der Waals surface area contributed by atoms with E-state index in [0.29, 0.717) is 25.5 Å². The van der Waals surface area contributed by atoms with E-state index in [1.54, 1.807) is 0 Å². The summed E-state index contributed by atoms with van der Waals surface area (Å²) in [4.78, 5) is 23.7. The highest BCUT2D eigenvalue weighted by molar-refractivity contribution is 7.89. The van der Waals surface area contributed by atoms with E-state index < -0.39 is 51.0 Å². The smallest absolute Gasteiger partial charge is 0.416 e.